The first-order valence-corrected chi connectivity index (χ1v) is 7.46. The topological polar surface area (TPSA) is 66.4 Å². The lowest BCUT2D eigenvalue weighted by molar-refractivity contribution is 0.0695. The van der Waals surface area contributed by atoms with E-state index in [2.05, 4.69) is 21.2 Å². The van der Waals surface area contributed by atoms with Crippen molar-refractivity contribution in [3.05, 3.63) is 49.6 Å². The highest BCUT2D eigenvalue weighted by atomic mass is 79.9. The minimum Gasteiger partial charge on any atom is -0.478 e. The molecule has 1 aromatic heterocycles. The van der Waals surface area contributed by atoms with Crippen LogP contribution in [0, 0.1) is 13.8 Å². The molecule has 0 aliphatic carbocycles. The third kappa shape index (κ3) is 2.91. The number of carbonyl (C=O) groups excluding carboxylic acids is 1. The Kier molecular flexibility index (Phi) is 4.25. The lowest BCUT2D eigenvalue weighted by atomic mass is 10.0. The number of carboxylic acid groups (broad SMARTS) is 1. The Morgan fingerprint density at radius 1 is 1.30 bits per heavy atom. The number of carbonyl (C=O) groups is 2. The number of nitrogens with one attached hydrogen (secondary N) is 1. The number of carboxylic acids is 1. The van der Waals surface area contributed by atoms with E-state index in [4.69, 9.17) is 5.11 Å². The average molecular weight is 354 g/mol. The van der Waals surface area contributed by atoms with Crippen LogP contribution in [0.1, 0.15) is 31.2 Å². The molecule has 104 valence electrons. The number of aromatic carboxylic acids is 1. The summed E-state index contributed by atoms with van der Waals surface area (Å²) in [5, 5.41) is 13.7. The minimum absolute atomic E-state index is 0.200. The predicted octanol–water partition coefficient (Wildman–Crippen LogP) is 4.08. The van der Waals surface area contributed by atoms with Crippen LogP contribution in [0.3, 0.4) is 0 Å². The van der Waals surface area contributed by atoms with Gasteiger partial charge in [0.15, 0.2) is 0 Å². The smallest absolute Gasteiger partial charge is 0.336 e. The van der Waals surface area contributed by atoms with Gasteiger partial charge in [0.2, 0.25) is 0 Å². The summed E-state index contributed by atoms with van der Waals surface area (Å²) >= 11 is 4.62. The lowest BCUT2D eigenvalue weighted by Gasteiger charge is -2.10. The number of benzene rings is 1. The molecule has 0 bridgehead atoms. The van der Waals surface area contributed by atoms with Crippen molar-refractivity contribution in [3.63, 3.8) is 0 Å². The van der Waals surface area contributed by atoms with Crippen molar-refractivity contribution in [2.75, 3.05) is 5.32 Å². The highest BCUT2D eigenvalue weighted by Gasteiger charge is 2.15. The number of hydrogen-bond donors (Lipinski definition) is 2. The van der Waals surface area contributed by atoms with Crippen LogP contribution in [0.4, 0.5) is 5.69 Å². The van der Waals surface area contributed by atoms with Crippen LogP contribution in [-0.2, 0) is 0 Å². The first kappa shape index (κ1) is 14.7. The first-order valence-electron chi connectivity index (χ1n) is 5.79. The van der Waals surface area contributed by atoms with Crippen molar-refractivity contribution < 1.29 is 14.7 Å². The molecule has 1 amide bonds. The van der Waals surface area contributed by atoms with Gasteiger partial charge in [-0.05, 0) is 64.5 Å². The van der Waals surface area contributed by atoms with Gasteiger partial charge in [0.05, 0.1) is 5.56 Å². The molecule has 0 aliphatic heterocycles. The average Bonchev–Trinajstić information content (AvgIpc) is 2.79. The van der Waals surface area contributed by atoms with E-state index in [1.54, 1.807) is 19.1 Å². The highest BCUT2D eigenvalue weighted by Crippen LogP contribution is 2.25. The van der Waals surface area contributed by atoms with E-state index in [0.717, 1.165) is 10.0 Å². The number of hydrogen-bond acceptors (Lipinski definition) is 3. The summed E-state index contributed by atoms with van der Waals surface area (Å²) in [5.74, 6) is -1.26. The zero-order valence-electron chi connectivity index (χ0n) is 10.9. The fourth-order valence-corrected chi connectivity index (χ4v) is 3.24. The zero-order chi connectivity index (χ0) is 14.9. The Morgan fingerprint density at radius 2 is 2.00 bits per heavy atom. The summed E-state index contributed by atoms with van der Waals surface area (Å²) in [4.78, 5) is 23.8. The third-order valence-electron chi connectivity index (χ3n) is 2.98. The maximum absolute atomic E-state index is 12.1. The monoisotopic (exact) mass is 353 g/mol. The van der Waals surface area contributed by atoms with E-state index in [-0.39, 0.29) is 11.5 Å². The molecule has 0 radical (unpaired) electrons. The van der Waals surface area contributed by atoms with Crippen molar-refractivity contribution in [1.29, 1.82) is 0 Å². The summed E-state index contributed by atoms with van der Waals surface area (Å²) in [6.07, 6.45) is 0. The normalized spacial score (nSPS) is 10.3. The molecule has 20 heavy (non-hydrogen) atoms. The minimum atomic E-state index is -1.00. The Bertz CT molecular complexity index is 694. The number of amides is 1. The van der Waals surface area contributed by atoms with E-state index in [1.807, 2.05) is 12.3 Å². The van der Waals surface area contributed by atoms with Crippen LogP contribution in [-0.4, -0.2) is 17.0 Å². The fourth-order valence-electron chi connectivity index (χ4n) is 1.80. The van der Waals surface area contributed by atoms with Gasteiger partial charge in [-0.3, -0.25) is 4.79 Å². The quantitative estimate of drug-likeness (QED) is 0.873. The zero-order valence-corrected chi connectivity index (χ0v) is 13.3. The van der Waals surface area contributed by atoms with Crippen LogP contribution in [0.5, 0.6) is 0 Å². The number of rotatable bonds is 3. The molecule has 0 saturated heterocycles. The molecule has 0 saturated carbocycles. The molecular weight excluding hydrogens is 342 g/mol. The molecule has 1 heterocycles. The van der Waals surface area contributed by atoms with E-state index in [1.165, 1.54) is 17.4 Å². The summed E-state index contributed by atoms with van der Waals surface area (Å²) < 4.78 is 0.724. The SMILES string of the molecule is Cc1cc(NC(=O)c2sccc2Br)cc(C(=O)O)c1C. The van der Waals surface area contributed by atoms with Crippen LogP contribution in [0.25, 0.3) is 0 Å². The number of aryl methyl sites for hydroxylation is 1. The van der Waals surface area contributed by atoms with Crippen molar-refractivity contribution in [2.45, 2.75) is 13.8 Å². The molecule has 2 rings (SSSR count). The van der Waals surface area contributed by atoms with Crippen molar-refractivity contribution in [1.82, 2.24) is 0 Å². The first-order chi connectivity index (χ1) is 9.40. The van der Waals surface area contributed by atoms with Gasteiger partial charge in [-0.1, -0.05) is 0 Å². The second-order valence-corrected chi connectivity index (χ2v) is 6.09. The second kappa shape index (κ2) is 5.76. The molecule has 6 heteroatoms. The van der Waals surface area contributed by atoms with Gasteiger partial charge in [-0.2, -0.15) is 0 Å². The fraction of sp³-hybridized carbons (Fsp3) is 0.143. The predicted molar refractivity (Wildman–Crippen MR) is 82.8 cm³/mol. The summed E-state index contributed by atoms with van der Waals surface area (Å²) in [6.45, 7) is 3.57. The van der Waals surface area contributed by atoms with Gasteiger partial charge in [-0.25, -0.2) is 4.79 Å². The second-order valence-electron chi connectivity index (χ2n) is 4.32. The van der Waals surface area contributed by atoms with E-state index in [9.17, 15) is 9.59 Å². The van der Waals surface area contributed by atoms with E-state index < -0.39 is 5.97 Å². The Labute approximate surface area is 128 Å². The Morgan fingerprint density at radius 3 is 2.55 bits per heavy atom. The molecular formula is C14H12BrNO3S. The van der Waals surface area contributed by atoms with Gasteiger partial charge in [0.25, 0.3) is 5.91 Å². The van der Waals surface area contributed by atoms with Gasteiger partial charge >= 0.3 is 5.97 Å². The molecule has 2 aromatic rings. The van der Waals surface area contributed by atoms with Gasteiger partial charge in [0.1, 0.15) is 4.88 Å². The van der Waals surface area contributed by atoms with Gasteiger partial charge in [0, 0.05) is 10.2 Å². The molecule has 2 N–H and O–H groups in total. The van der Waals surface area contributed by atoms with E-state index >= 15 is 0 Å². The Balaban J connectivity index is 2.33. The molecule has 0 aliphatic rings. The van der Waals surface area contributed by atoms with Crippen LogP contribution < -0.4 is 5.32 Å². The summed E-state index contributed by atoms with van der Waals surface area (Å²) in [6, 6.07) is 5.04. The number of thiophene rings is 1. The standard InChI is InChI=1S/C14H12BrNO3S/c1-7-5-9(6-10(8(7)2)14(18)19)16-13(17)12-11(15)3-4-20-12/h3-6H,1-2H3,(H,16,17)(H,18,19). The number of anilines is 1. The van der Waals surface area contributed by atoms with Crippen molar-refractivity contribution >= 4 is 44.8 Å². The maximum Gasteiger partial charge on any atom is 0.336 e. The van der Waals surface area contributed by atoms with Crippen LogP contribution in [0.15, 0.2) is 28.1 Å². The lowest BCUT2D eigenvalue weighted by Crippen LogP contribution is -2.12. The molecule has 0 spiro atoms. The van der Waals surface area contributed by atoms with Gasteiger partial charge < -0.3 is 10.4 Å². The highest BCUT2D eigenvalue weighted by molar-refractivity contribution is 9.10. The summed E-state index contributed by atoms with van der Waals surface area (Å²) in [5.41, 5.74) is 2.21. The van der Waals surface area contributed by atoms with Gasteiger partial charge in [-0.15, -0.1) is 11.3 Å². The summed E-state index contributed by atoms with van der Waals surface area (Å²) in [7, 11) is 0. The van der Waals surface area contributed by atoms with Crippen molar-refractivity contribution in [2.24, 2.45) is 0 Å². The maximum atomic E-state index is 12.1. The molecule has 4 nitrogen and oxygen atoms in total. The van der Waals surface area contributed by atoms with Crippen molar-refractivity contribution in [3.8, 4) is 0 Å². The molecule has 1 aromatic carbocycles. The van der Waals surface area contributed by atoms with E-state index in [0.29, 0.717) is 16.1 Å². The molecule has 0 atom stereocenters. The molecule has 0 unspecified atom stereocenters. The van der Waals surface area contributed by atoms with Crippen LogP contribution >= 0.6 is 27.3 Å². The Hall–Kier alpha value is -1.66. The third-order valence-corrected chi connectivity index (χ3v) is 4.82. The molecule has 0 fully saturated rings. The number of halogens is 1. The van der Waals surface area contributed by atoms with Crippen LogP contribution in [0.2, 0.25) is 0 Å². The largest absolute Gasteiger partial charge is 0.478 e.